The number of amides is 1. The Bertz CT molecular complexity index is 550. The fraction of sp³-hybridized carbons (Fsp3) is 0.529. The smallest absolute Gasteiger partial charge is 0.308 e. The Morgan fingerprint density at radius 3 is 2.32 bits per heavy atom. The van der Waals surface area contributed by atoms with Gasteiger partial charge in [-0.3, -0.25) is 9.59 Å². The van der Waals surface area contributed by atoms with Crippen molar-refractivity contribution in [2.75, 3.05) is 6.54 Å². The number of halogens is 1. The second-order valence-electron chi connectivity index (χ2n) is 6.46. The summed E-state index contributed by atoms with van der Waals surface area (Å²) in [6, 6.07) is 5.96. The molecule has 1 amide bonds. The van der Waals surface area contributed by atoms with E-state index in [1.807, 2.05) is 13.8 Å². The molecule has 1 saturated carbocycles. The van der Waals surface area contributed by atoms with Crippen molar-refractivity contribution in [3.8, 4) is 0 Å². The summed E-state index contributed by atoms with van der Waals surface area (Å²) >= 11 is 0. The SMILES string of the molecule is CC(C)CC(CNC(=O)C1(c2ccc(F)cc2)CC1)C(=O)O. The lowest BCUT2D eigenvalue weighted by molar-refractivity contribution is -0.142. The van der Waals surface area contributed by atoms with Crippen LogP contribution in [-0.2, 0) is 15.0 Å². The lowest BCUT2D eigenvalue weighted by atomic mass is 9.93. The molecule has 4 nitrogen and oxygen atoms in total. The minimum absolute atomic E-state index is 0.134. The van der Waals surface area contributed by atoms with Gasteiger partial charge in [0.2, 0.25) is 5.91 Å². The summed E-state index contributed by atoms with van der Waals surface area (Å²) in [6.07, 6.45) is 1.96. The summed E-state index contributed by atoms with van der Waals surface area (Å²) in [5.74, 6) is -1.70. The zero-order valence-electron chi connectivity index (χ0n) is 12.9. The van der Waals surface area contributed by atoms with Gasteiger partial charge >= 0.3 is 5.97 Å². The lowest BCUT2D eigenvalue weighted by Gasteiger charge is -2.19. The predicted molar refractivity (Wildman–Crippen MR) is 80.9 cm³/mol. The van der Waals surface area contributed by atoms with Gasteiger partial charge in [-0.25, -0.2) is 4.39 Å². The normalized spacial score (nSPS) is 17.1. The van der Waals surface area contributed by atoms with Crippen LogP contribution in [0, 0.1) is 17.7 Å². The van der Waals surface area contributed by atoms with Crippen molar-refractivity contribution in [3.05, 3.63) is 35.6 Å². The van der Waals surface area contributed by atoms with Crippen molar-refractivity contribution < 1.29 is 19.1 Å². The first-order valence-corrected chi connectivity index (χ1v) is 7.62. The molecule has 2 rings (SSSR count). The van der Waals surface area contributed by atoms with Crippen molar-refractivity contribution in [2.24, 2.45) is 11.8 Å². The first-order valence-electron chi connectivity index (χ1n) is 7.62. The van der Waals surface area contributed by atoms with Gasteiger partial charge in [-0.05, 0) is 42.9 Å². The molecule has 1 aromatic carbocycles. The highest BCUT2D eigenvalue weighted by molar-refractivity contribution is 5.91. The molecule has 2 N–H and O–H groups in total. The molecule has 0 saturated heterocycles. The van der Waals surface area contributed by atoms with Gasteiger partial charge in [-0.1, -0.05) is 26.0 Å². The number of rotatable bonds is 7. The van der Waals surface area contributed by atoms with E-state index >= 15 is 0 Å². The third-order valence-corrected chi connectivity index (χ3v) is 4.20. The Morgan fingerprint density at radius 2 is 1.86 bits per heavy atom. The second kappa shape index (κ2) is 6.46. The molecule has 0 heterocycles. The molecule has 22 heavy (non-hydrogen) atoms. The van der Waals surface area contributed by atoms with Crippen molar-refractivity contribution >= 4 is 11.9 Å². The molecule has 120 valence electrons. The quantitative estimate of drug-likeness (QED) is 0.814. The molecule has 0 spiro atoms. The van der Waals surface area contributed by atoms with Gasteiger partial charge in [0.15, 0.2) is 0 Å². The monoisotopic (exact) mass is 307 g/mol. The largest absolute Gasteiger partial charge is 0.481 e. The van der Waals surface area contributed by atoms with Crippen LogP contribution in [0.2, 0.25) is 0 Å². The van der Waals surface area contributed by atoms with Crippen LogP contribution in [0.3, 0.4) is 0 Å². The molecule has 5 heteroatoms. The molecular formula is C17H22FNO3. The van der Waals surface area contributed by atoms with Gasteiger partial charge in [0.05, 0.1) is 11.3 Å². The molecule has 1 aliphatic rings. The molecule has 0 aliphatic heterocycles. The Kier molecular flexibility index (Phi) is 4.84. The van der Waals surface area contributed by atoms with E-state index in [9.17, 15) is 19.1 Å². The predicted octanol–water partition coefficient (Wildman–Crippen LogP) is 2.72. The highest BCUT2D eigenvalue weighted by atomic mass is 19.1. The minimum Gasteiger partial charge on any atom is -0.481 e. The number of aliphatic carboxylic acids is 1. The average Bonchev–Trinajstić information content (AvgIpc) is 3.25. The van der Waals surface area contributed by atoms with E-state index in [-0.39, 0.29) is 24.2 Å². The van der Waals surface area contributed by atoms with Crippen LogP contribution >= 0.6 is 0 Å². The van der Waals surface area contributed by atoms with Crippen LogP contribution in [0.25, 0.3) is 0 Å². The Balaban J connectivity index is 1.99. The first-order chi connectivity index (χ1) is 10.3. The maximum atomic E-state index is 13.0. The van der Waals surface area contributed by atoms with Gasteiger partial charge in [0.25, 0.3) is 0 Å². The fourth-order valence-electron chi connectivity index (χ4n) is 2.77. The number of benzene rings is 1. The van der Waals surface area contributed by atoms with Crippen molar-refractivity contribution in [3.63, 3.8) is 0 Å². The maximum Gasteiger partial charge on any atom is 0.308 e. The van der Waals surface area contributed by atoms with Crippen molar-refractivity contribution in [1.82, 2.24) is 5.32 Å². The minimum atomic E-state index is -0.888. The topological polar surface area (TPSA) is 66.4 Å². The van der Waals surface area contributed by atoms with E-state index in [4.69, 9.17) is 0 Å². The summed E-state index contributed by atoms with van der Waals surface area (Å²) in [7, 11) is 0. The van der Waals surface area contributed by atoms with Gasteiger partial charge in [0, 0.05) is 6.54 Å². The molecule has 1 atom stereocenters. The van der Waals surface area contributed by atoms with Gasteiger partial charge in [-0.15, -0.1) is 0 Å². The Hall–Kier alpha value is -1.91. The van der Waals surface area contributed by atoms with Gasteiger partial charge in [0.1, 0.15) is 5.82 Å². The molecular weight excluding hydrogens is 285 g/mol. The van der Waals surface area contributed by atoms with Crippen LogP contribution in [0.1, 0.15) is 38.7 Å². The number of hydrogen-bond donors (Lipinski definition) is 2. The van der Waals surface area contributed by atoms with E-state index in [0.29, 0.717) is 19.3 Å². The van der Waals surface area contributed by atoms with Gasteiger partial charge in [-0.2, -0.15) is 0 Å². The molecule has 0 radical (unpaired) electrons. The van der Waals surface area contributed by atoms with Crippen molar-refractivity contribution in [1.29, 1.82) is 0 Å². The summed E-state index contributed by atoms with van der Waals surface area (Å²) < 4.78 is 13.0. The lowest BCUT2D eigenvalue weighted by Crippen LogP contribution is -2.39. The molecule has 0 aromatic heterocycles. The summed E-state index contributed by atoms with van der Waals surface area (Å²) in [4.78, 5) is 23.7. The number of nitrogens with one attached hydrogen (secondary N) is 1. The van der Waals surface area contributed by atoms with Crippen molar-refractivity contribution in [2.45, 2.75) is 38.5 Å². The maximum absolute atomic E-state index is 13.0. The molecule has 1 aromatic rings. The molecule has 0 bridgehead atoms. The van der Waals surface area contributed by atoms with Crippen LogP contribution in [0.4, 0.5) is 4.39 Å². The zero-order chi connectivity index (χ0) is 16.3. The van der Waals surface area contributed by atoms with Crippen LogP contribution < -0.4 is 5.32 Å². The molecule has 1 aliphatic carbocycles. The van der Waals surface area contributed by atoms with Crippen LogP contribution in [0.5, 0.6) is 0 Å². The Morgan fingerprint density at radius 1 is 1.27 bits per heavy atom. The van der Waals surface area contributed by atoms with E-state index in [1.165, 1.54) is 12.1 Å². The first kappa shape index (κ1) is 16.5. The van der Waals surface area contributed by atoms with Crippen LogP contribution in [0.15, 0.2) is 24.3 Å². The van der Waals surface area contributed by atoms with E-state index < -0.39 is 17.3 Å². The second-order valence-corrected chi connectivity index (χ2v) is 6.46. The average molecular weight is 307 g/mol. The molecule has 1 fully saturated rings. The van der Waals surface area contributed by atoms with Gasteiger partial charge < -0.3 is 10.4 Å². The standard InChI is InChI=1S/C17H22FNO3/c1-11(2)9-12(15(20)21)10-19-16(22)17(7-8-17)13-3-5-14(18)6-4-13/h3-6,11-12H,7-10H2,1-2H3,(H,19,22)(H,20,21). The summed E-state index contributed by atoms with van der Waals surface area (Å²) in [6.45, 7) is 4.05. The number of carboxylic acid groups (broad SMARTS) is 1. The highest BCUT2D eigenvalue weighted by Crippen LogP contribution is 2.48. The number of hydrogen-bond acceptors (Lipinski definition) is 2. The number of carbonyl (C=O) groups excluding carboxylic acids is 1. The fourth-order valence-corrected chi connectivity index (χ4v) is 2.77. The van der Waals surface area contributed by atoms with Crippen LogP contribution in [-0.4, -0.2) is 23.5 Å². The van der Waals surface area contributed by atoms with E-state index in [0.717, 1.165) is 5.56 Å². The number of carboxylic acids is 1. The number of carbonyl (C=O) groups is 2. The summed E-state index contributed by atoms with van der Waals surface area (Å²) in [5, 5.41) is 12.0. The van der Waals surface area contributed by atoms with E-state index in [2.05, 4.69) is 5.32 Å². The van der Waals surface area contributed by atoms with E-state index in [1.54, 1.807) is 12.1 Å². The highest BCUT2D eigenvalue weighted by Gasteiger charge is 2.51. The third kappa shape index (κ3) is 3.64. The molecule has 1 unspecified atom stereocenters. The Labute approximate surface area is 129 Å². The zero-order valence-corrected chi connectivity index (χ0v) is 12.9. The summed E-state index contributed by atoms with van der Waals surface area (Å²) in [5.41, 5.74) is 0.191. The third-order valence-electron chi connectivity index (χ3n) is 4.20.